The highest BCUT2D eigenvalue weighted by atomic mass is 16.2. The molecule has 1 aliphatic heterocycles. The van der Waals surface area contributed by atoms with Crippen molar-refractivity contribution in [3.63, 3.8) is 0 Å². The molecule has 2 rings (SSSR count). The Morgan fingerprint density at radius 3 is 2.65 bits per heavy atom. The van der Waals surface area contributed by atoms with E-state index in [0.717, 1.165) is 31.0 Å². The number of likely N-dealkylation sites (tertiary alicyclic amines) is 1. The Morgan fingerprint density at radius 2 is 2.09 bits per heavy atom. The van der Waals surface area contributed by atoms with Gasteiger partial charge in [0.2, 0.25) is 0 Å². The summed E-state index contributed by atoms with van der Waals surface area (Å²) >= 11 is 0. The van der Waals surface area contributed by atoms with Crippen LogP contribution in [0.4, 0.5) is 4.79 Å². The van der Waals surface area contributed by atoms with Crippen molar-refractivity contribution in [3.8, 4) is 0 Å². The highest BCUT2D eigenvalue weighted by Gasteiger charge is 2.18. The van der Waals surface area contributed by atoms with Crippen LogP contribution in [0.15, 0.2) is 6.20 Å². The molecule has 0 unspecified atom stereocenters. The molecule has 6 heteroatoms. The van der Waals surface area contributed by atoms with Gasteiger partial charge in [-0.3, -0.25) is 0 Å². The lowest BCUT2D eigenvalue weighted by molar-refractivity contribution is 0.191. The van der Waals surface area contributed by atoms with Crippen LogP contribution in [0.2, 0.25) is 0 Å². The van der Waals surface area contributed by atoms with Gasteiger partial charge in [-0.2, -0.15) is 0 Å². The third-order valence-electron chi connectivity index (χ3n) is 4.56. The van der Waals surface area contributed by atoms with Gasteiger partial charge in [-0.1, -0.05) is 19.8 Å². The summed E-state index contributed by atoms with van der Waals surface area (Å²) in [5.74, 6) is 0.833. The molecule has 1 aliphatic rings. The van der Waals surface area contributed by atoms with E-state index in [2.05, 4.69) is 27.1 Å². The number of nitrogens with zero attached hydrogens (tertiary/aromatic N) is 3. The lowest BCUT2D eigenvalue weighted by Crippen LogP contribution is -2.43. The molecule has 1 aromatic rings. The van der Waals surface area contributed by atoms with Gasteiger partial charge in [0.15, 0.2) is 0 Å². The molecule has 0 bridgehead atoms. The van der Waals surface area contributed by atoms with Crippen LogP contribution in [0.25, 0.3) is 0 Å². The minimum atomic E-state index is -0.0585. The van der Waals surface area contributed by atoms with E-state index >= 15 is 0 Å². The first-order chi connectivity index (χ1) is 11.1. The third kappa shape index (κ3) is 5.53. The largest absolute Gasteiger partial charge is 0.344 e. The number of nitrogens with one attached hydrogen (secondary N) is 2. The summed E-state index contributed by atoms with van der Waals surface area (Å²) < 4.78 is 0. The molecule has 2 N–H and O–H groups in total. The van der Waals surface area contributed by atoms with Crippen LogP contribution in [0.5, 0.6) is 0 Å². The number of rotatable bonds is 6. The number of imidazole rings is 1. The van der Waals surface area contributed by atoms with Crippen molar-refractivity contribution in [2.75, 3.05) is 33.2 Å². The molecule has 1 atom stereocenters. The third-order valence-corrected chi connectivity index (χ3v) is 4.56. The average Bonchev–Trinajstić information content (AvgIpc) is 2.82. The molecule has 1 fully saturated rings. The Hall–Kier alpha value is -1.56. The summed E-state index contributed by atoms with van der Waals surface area (Å²) in [4.78, 5) is 24.2. The number of aromatic amines is 1. The Kier molecular flexibility index (Phi) is 6.89. The molecular weight excluding hydrogens is 290 g/mol. The number of likely N-dealkylation sites (N-methyl/N-ethyl adjacent to an activating group) is 1. The maximum atomic E-state index is 12.4. The number of carbonyl (C=O) groups excluding carboxylic acids is 1. The number of aromatic nitrogens is 2. The second-order valence-electron chi connectivity index (χ2n) is 6.54. The lowest BCUT2D eigenvalue weighted by atomic mass is 10.2. The Labute approximate surface area is 139 Å². The standard InChI is InChI=1S/C17H31N5O/c1-4-15(16-18-13-14(2)19-16)20-17(23)21(3)11-12-22-9-7-5-6-8-10-22/h13,15H,4-12H2,1-3H3,(H,18,19)(H,20,23)/t15-/m0/s1. The second-order valence-corrected chi connectivity index (χ2v) is 6.54. The van der Waals surface area contributed by atoms with Crippen molar-refractivity contribution in [3.05, 3.63) is 17.7 Å². The molecule has 0 aromatic carbocycles. The quantitative estimate of drug-likeness (QED) is 0.846. The number of aryl methyl sites for hydroxylation is 1. The fourth-order valence-electron chi connectivity index (χ4n) is 2.99. The van der Waals surface area contributed by atoms with Crippen LogP contribution in [0.1, 0.15) is 56.6 Å². The maximum absolute atomic E-state index is 12.4. The van der Waals surface area contributed by atoms with Crippen molar-refractivity contribution < 1.29 is 4.79 Å². The zero-order valence-electron chi connectivity index (χ0n) is 14.8. The van der Waals surface area contributed by atoms with Crippen molar-refractivity contribution in [1.82, 2.24) is 25.1 Å². The first kappa shape index (κ1) is 17.8. The molecule has 6 nitrogen and oxygen atoms in total. The van der Waals surface area contributed by atoms with Crippen molar-refractivity contribution in [2.24, 2.45) is 0 Å². The maximum Gasteiger partial charge on any atom is 0.317 e. The highest BCUT2D eigenvalue weighted by Crippen LogP contribution is 2.13. The molecule has 0 spiro atoms. The Balaban J connectivity index is 1.79. The number of hydrogen-bond acceptors (Lipinski definition) is 3. The van der Waals surface area contributed by atoms with E-state index in [0.29, 0.717) is 0 Å². The lowest BCUT2D eigenvalue weighted by Gasteiger charge is -2.25. The topological polar surface area (TPSA) is 64.3 Å². The Bertz CT molecular complexity index is 479. The van der Waals surface area contributed by atoms with E-state index in [-0.39, 0.29) is 12.1 Å². The van der Waals surface area contributed by atoms with Crippen LogP contribution < -0.4 is 5.32 Å². The molecular formula is C17H31N5O. The molecule has 0 radical (unpaired) electrons. The predicted octanol–water partition coefficient (Wildman–Crippen LogP) is 2.69. The first-order valence-electron chi connectivity index (χ1n) is 8.85. The molecule has 0 saturated carbocycles. The van der Waals surface area contributed by atoms with Gasteiger partial charge in [-0.05, 0) is 39.3 Å². The number of carbonyl (C=O) groups is 1. The van der Waals surface area contributed by atoms with Gasteiger partial charge >= 0.3 is 6.03 Å². The van der Waals surface area contributed by atoms with Gasteiger partial charge in [-0.15, -0.1) is 0 Å². The van der Waals surface area contributed by atoms with E-state index < -0.39 is 0 Å². The number of urea groups is 1. The van der Waals surface area contributed by atoms with E-state index in [1.165, 1.54) is 38.8 Å². The minimum Gasteiger partial charge on any atom is -0.344 e. The summed E-state index contributed by atoms with van der Waals surface area (Å²) in [6, 6.07) is -0.0856. The summed E-state index contributed by atoms with van der Waals surface area (Å²) in [6.07, 6.45) is 7.87. The zero-order valence-corrected chi connectivity index (χ0v) is 14.8. The summed E-state index contributed by atoms with van der Waals surface area (Å²) in [7, 11) is 1.87. The van der Waals surface area contributed by atoms with Crippen molar-refractivity contribution in [2.45, 2.75) is 52.0 Å². The van der Waals surface area contributed by atoms with Gasteiger partial charge < -0.3 is 20.1 Å². The van der Waals surface area contributed by atoms with E-state index in [1.54, 1.807) is 11.1 Å². The summed E-state index contributed by atoms with van der Waals surface area (Å²) in [5, 5.41) is 3.07. The van der Waals surface area contributed by atoms with E-state index in [9.17, 15) is 4.79 Å². The molecule has 2 amide bonds. The monoisotopic (exact) mass is 321 g/mol. The summed E-state index contributed by atoms with van der Waals surface area (Å²) in [6.45, 7) is 8.08. The zero-order chi connectivity index (χ0) is 16.7. The number of H-pyrrole nitrogens is 1. The van der Waals surface area contributed by atoms with Crippen LogP contribution in [0.3, 0.4) is 0 Å². The van der Waals surface area contributed by atoms with Gasteiger partial charge in [0.05, 0.1) is 6.04 Å². The molecule has 2 heterocycles. The molecule has 1 saturated heterocycles. The molecule has 1 aromatic heterocycles. The highest BCUT2D eigenvalue weighted by molar-refractivity contribution is 5.74. The smallest absolute Gasteiger partial charge is 0.317 e. The van der Waals surface area contributed by atoms with Crippen molar-refractivity contribution >= 4 is 6.03 Å². The summed E-state index contributed by atoms with van der Waals surface area (Å²) in [5.41, 5.74) is 1.02. The number of amides is 2. The van der Waals surface area contributed by atoms with Crippen LogP contribution in [-0.2, 0) is 0 Å². The van der Waals surface area contributed by atoms with E-state index in [1.807, 2.05) is 14.0 Å². The minimum absolute atomic E-state index is 0.0271. The van der Waals surface area contributed by atoms with Gasteiger partial charge in [-0.25, -0.2) is 9.78 Å². The molecule has 0 aliphatic carbocycles. The second kappa shape index (κ2) is 8.91. The fourth-order valence-corrected chi connectivity index (χ4v) is 2.99. The predicted molar refractivity (Wildman–Crippen MR) is 92.4 cm³/mol. The first-order valence-corrected chi connectivity index (χ1v) is 8.85. The normalized spacial score (nSPS) is 17.5. The van der Waals surface area contributed by atoms with Crippen LogP contribution >= 0.6 is 0 Å². The average molecular weight is 321 g/mol. The molecule has 23 heavy (non-hydrogen) atoms. The van der Waals surface area contributed by atoms with Crippen LogP contribution in [0, 0.1) is 6.92 Å². The Morgan fingerprint density at radius 1 is 1.39 bits per heavy atom. The van der Waals surface area contributed by atoms with Crippen molar-refractivity contribution in [1.29, 1.82) is 0 Å². The van der Waals surface area contributed by atoms with E-state index in [4.69, 9.17) is 0 Å². The number of hydrogen-bond donors (Lipinski definition) is 2. The van der Waals surface area contributed by atoms with Gasteiger partial charge in [0.1, 0.15) is 5.82 Å². The fraction of sp³-hybridized carbons (Fsp3) is 0.765. The molecule has 130 valence electrons. The van der Waals surface area contributed by atoms with Gasteiger partial charge in [0, 0.05) is 32.0 Å². The van der Waals surface area contributed by atoms with Crippen LogP contribution in [-0.4, -0.2) is 59.0 Å². The van der Waals surface area contributed by atoms with Gasteiger partial charge in [0.25, 0.3) is 0 Å². The SMILES string of the molecule is CC[C@H](NC(=O)N(C)CCN1CCCCCC1)c1ncc(C)[nH]1.